The molecule has 0 aliphatic heterocycles. The lowest BCUT2D eigenvalue weighted by molar-refractivity contribution is 0.0980. The minimum absolute atomic E-state index is 0.142. The molecule has 0 radical (unpaired) electrons. The molecule has 0 unspecified atom stereocenters. The predicted octanol–water partition coefficient (Wildman–Crippen LogP) is 3.92. The number of amides is 1. The van der Waals surface area contributed by atoms with Crippen LogP contribution < -0.4 is 10.5 Å². The lowest BCUT2D eigenvalue weighted by atomic mass is 10.1. The molecule has 0 aliphatic carbocycles. The first-order valence-corrected chi connectivity index (χ1v) is 9.04. The van der Waals surface area contributed by atoms with Crippen molar-refractivity contribution in [3.05, 3.63) is 88.0 Å². The lowest BCUT2D eigenvalue weighted by Gasteiger charge is -2.22. The van der Waals surface area contributed by atoms with Gasteiger partial charge >= 0.3 is 0 Å². The number of rotatable bonds is 4. The summed E-state index contributed by atoms with van der Waals surface area (Å²) in [5, 5.41) is 1.10. The molecule has 0 bridgehead atoms. The molecule has 1 amide bonds. The van der Waals surface area contributed by atoms with Crippen LogP contribution in [0.3, 0.4) is 0 Å². The van der Waals surface area contributed by atoms with Crippen molar-refractivity contribution >= 4 is 22.4 Å². The quantitative estimate of drug-likeness (QED) is 0.588. The van der Waals surface area contributed by atoms with Gasteiger partial charge in [0.1, 0.15) is 11.5 Å². The molecule has 6 nitrogen and oxygen atoms in total. The fourth-order valence-electron chi connectivity index (χ4n) is 3.27. The van der Waals surface area contributed by atoms with Crippen LogP contribution in [0.5, 0.6) is 0 Å². The van der Waals surface area contributed by atoms with E-state index in [0.29, 0.717) is 28.8 Å². The highest BCUT2D eigenvalue weighted by molar-refractivity contribution is 6.13. The first-order chi connectivity index (χ1) is 13.5. The number of aromatic amines is 1. The number of furan rings is 1. The van der Waals surface area contributed by atoms with Gasteiger partial charge in [-0.3, -0.25) is 14.5 Å². The Morgan fingerprint density at radius 3 is 2.68 bits per heavy atom. The number of aryl methyl sites for hydroxylation is 3. The SMILES string of the molecule is Cc1ccc(N(Cc2ccco2)C(=O)c2[nH]cc3c(=O)n(C)ccc23)cc1C. The molecule has 0 atom stereocenters. The van der Waals surface area contributed by atoms with Crippen molar-refractivity contribution in [3.63, 3.8) is 0 Å². The minimum Gasteiger partial charge on any atom is -0.467 e. The van der Waals surface area contributed by atoms with Crippen LogP contribution in [-0.4, -0.2) is 15.5 Å². The Balaban J connectivity index is 1.82. The molecule has 0 saturated carbocycles. The van der Waals surface area contributed by atoms with Crippen molar-refractivity contribution in [2.75, 3.05) is 4.90 Å². The summed E-state index contributed by atoms with van der Waals surface area (Å²) in [5.74, 6) is 0.459. The zero-order chi connectivity index (χ0) is 19.8. The third-order valence-corrected chi connectivity index (χ3v) is 5.09. The summed E-state index contributed by atoms with van der Waals surface area (Å²) in [5.41, 5.74) is 3.27. The molecule has 4 rings (SSSR count). The fraction of sp³-hybridized carbons (Fsp3) is 0.182. The van der Waals surface area contributed by atoms with E-state index in [4.69, 9.17) is 4.42 Å². The van der Waals surface area contributed by atoms with Gasteiger partial charge in [-0.05, 0) is 55.3 Å². The highest BCUT2D eigenvalue weighted by Crippen LogP contribution is 2.25. The van der Waals surface area contributed by atoms with Gasteiger partial charge in [-0.2, -0.15) is 0 Å². The van der Waals surface area contributed by atoms with E-state index < -0.39 is 0 Å². The molecule has 4 aromatic rings. The van der Waals surface area contributed by atoms with Crippen molar-refractivity contribution in [1.82, 2.24) is 9.55 Å². The number of hydrogen-bond donors (Lipinski definition) is 1. The molecule has 0 saturated heterocycles. The van der Waals surface area contributed by atoms with Crippen LogP contribution in [0, 0.1) is 13.8 Å². The molecule has 142 valence electrons. The number of anilines is 1. The standard InChI is InChI=1S/C22H21N3O3/c1-14-6-7-16(11-15(14)2)25(13-17-5-4-10-28-17)22(27)20-18-8-9-24(3)21(26)19(18)12-23-20/h4-12,23H,13H2,1-3H3. The average molecular weight is 375 g/mol. The van der Waals surface area contributed by atoms with Crippen molar-refractivity contribution in [1.29, 1.82) is 0 Å². The summed E-state index contributed by atoms with van der Waals surface area (Å²) in [6.07, 6.45) is 4.85. The number of nitrogens with zero attached hydrogens (tertiary/aromatic N) is 2. The van der Waals surface area contributed by atoms with E-state index in [1.54, 1.807) is 42.7 Å². The number of hydrogen-bond acceptors (Lipinski definition) is 3. The molecule has 0 spiro atoms. The van der Waals surface area contributed by atoms with Crippen molar-refractivity contribution in [2.45, 2.75) is 20.4 Å². The number of carbonyl (C=O) groups excluding carboxylic acids is 1. The molecule has 3 aromatic heterocycles. The predicted molar refractivity (Wildman–Crippen MR) is 109 cm³/mol. The Bertz CT molecular complexity index is 1220. The van der Waals surface area contributed by atoms with Crippen LogP contribution >= 0.6 is 0 Å². The number of nitrogens with one attached hydrogen (secondary N) is 1. The number of fused-ring (bicyclic) bond motifs is 1. The number of benzene rings is 1. The van der Waals surface area contributed by atoms with Crippen LogP contribution in [0.4, 0.5) is 5.69 Å². The molecular formula is C22H21N3O3. The van der Waals surface area contributed by atoms with Gasteiger partial charge in [-0.25, -0.2) is 0 Å². The zero-order valence-corrected chi connectivity index (χ0v) is 16.0. The van der Waals surface area contributed by atoms with Gasteiger partial charge in [0.2, 0.25) is 0 Å². The summed E-state index contributed by atoms with van der Waals surface area (Å²) in [4.78, 5) is 30.5. The van der Waals surface area contributed by atoms with Crippen LogP contribution in [0.25, 0.3) is 10.8 Å². The van der Waals surface area contributed by atoms with Gasteiger partial charge in [0, 0.05) is 30.5 Å². The molecule has 1 N–H and O–H groups in total. The second-order valence-corrected chi connectivity index (χ2v) is 6.96. The molecule has 1 aromatic carbocycles. The molecule has 0 fully saturated rings. The minimum atomic E-state index is -0.220. The summed E-state index contributed by atoms with van der Waals surface area (Å²) >= 11 is 0. The Morgan fingerprint density at radius 1 is 1.14 bits per heavy atom. The molecule has 0 aliphatic rings. The molecule has 28 heavy (non-hydrogen) atoms. The van der Waals surface area contributed by atoms with Crippen LogP contribution in [0.2, 0.25) is 0 Å². The van der Waals surface area contributed by atoms with Crippen molar-refractivity contribution in [2.24, 2.45) is 7.05 Å². The first-order valence-electron chi connectivity index (χ1n) is 9.04. The summed E-state index contributed by atoms with van der Waals surface area (Å²) in [6, 6.07) is 11.3. The van der Waals surface area contributed by atoms with E-state index in [1.165, 1.54) is 4.57 Å². The van der Waals surface area contributed by atoms with E-state index in [-0.39, 0.29) is 11.5 Å². The Hall–Kier alpha value is -3.54. The molecule has 3 heterocycles. The number of H-pyrrole nitrogens is 1. The van der Waals surface area contributed by atoms with Crippen molar-refractivity contribution < 1.29 is 9.21 Å². The van der Waals surface area contributed by atoms with Crippen LogP contribution in [0.1, 0.15) is 27.4 Å². The van der Waals surface area contributed by atoms with Gasteiger partial charge < -0.3 is 14.0 Å². The molecule has 6 heteroatoms. The smallest absolute Gasteiger partial charge is 0.275 e. The highest BCUT2D eigenvalue weighted by Gasteiger charge is 2.23. The number of pyridine rings is 1. The number of carbonyl (C=O) groups is 1. The second-order valence-electron chi connectivity index (χ2n) is 6.96. The zero-order valence-electron chi connectivity index (χ0n) is 16.0. The van der Waals surface area contributed by atoms with E-state index in [0.717, 1.165) is 16.8 Å². The van der Waals surface area contributed by atoms with Crippen LogP contribution in [0.15, 0.2) is 64.3 Å². The maximum atomic E-state index is 13.5. The van der Waals surface area contributed by atoms with E-state index in [9.17, 15) is 9.59 Å². The second kappa shape index (κ2) is 6.88. The Morgan fingerprint density at radius 2 is 1.96 bits per heavy atom. The summed E-state index contributed by atoms with van der Waals surface area (Å²) in [7, 11) is 1.69. The Kier molecular flexibility index (Phi) is 4.39. The third kappa shape index (κ3) is 3.03. The average Bonchev–Trinajstić information content (AvgIpc) is 3.34. The Labute approximate surface area is 162 Å². The van der Waals surface area contributed by atoms with E-state index in [1.807, 2.05) is 38.1 Å². The topological polar surface area (TPSA) is 71.2 Å². The fourth-order valence-corrected chi connectivity index (χ4v) is 3.27. The van der Waals surface area contributed by atoms with Gasteiger partial charge in [-0.1, -0.05) is 6.07 Å². The number of aromatic nitrogens is 2. The summed E-state index contributed by atoms with van der Waals surface area (Å²) < 4.78 is 6.97. The monoisotopic (exact) mass is 375 g/mol. The molecular weight excluding hydrogens is 354 g/mol. The summed E-state index contributed by atoms with van der Waals surface area (Å²) in [6.45, 7) is 4.34. The van der Waals surface area contributed by atoms with Gasteiger partial charge in [-0.15, -0.1) is 0 Å². The van der Waals surface area contributed by atoms with Crippen molar-refractivity contribution in [3.8, 4) is 0 Å². The lowest BCUT2D eigenvalue weighted by Crippen LogP contribution is -2.31. The maximum absolute atomic E-state index is 13.5. The largest absolute Gasteiger partial charge is 0.467 e. The van der Waals surface area contributed by atoms with Gasteiger partial charge in [0.15, 0.2) is 0 Å². The third-order valence-electron chi connectivity index (χ3n) is 5.09. The van der Waals surface area contributed by atoms with Crippen LogP contribution in [-0.2, 0) is 13.6 Å². The van der Waals surface area contributed by atoms with Gasteiger partial charge in [0.25, 0.3) is 11.5 Å². The normalized spacial score (nSPS) is 11.1. The van der Waals surface area contributed by atoms with E-state index in [2.05, 4.69) is 4.98 Å². The first kappa shape index (κ1) is 17.9. The highest BCUT2D eigenvalue weighted by atomic mass is 16.3. The maximum Gasteiger partial charge on any atom is 0.275 e. The van der Waals surface area contributed by atoms with Gasteiger partial charge in [0.05, 0.1) is 18.2 Å². The van der Waals surface area contributed by atoms with E-state index >= 15 is 0 Å².